The lowest BCUT2D eigenvalue weighted by atomic mass is 10.2. The highest BCUT2D eigenvalue weighted by atomic mass is 32.1. The second-order valence-electron chi connectivity index (χ2n) is 4.30. The maximum atomic E-state index is 12.3. The summed E-state index contributed by atoms with van der Waals surface area (Å²) in [5.41, 5.74) is 1.15. The van der Waals surface area contributed by atoms with Gasteiger partial charge in [0.25, 0.3) is 5.56 Å². The van der Waals surface area contributed by atoms with Gasteiger partial charge >= 0.3 is 0 Å². The van der Waals surface area contributed by atoms with Crippen LogP contribution < -0.4 is 10.3 Å². The van der Waals surface area contributed by atoms with Crippen LogP contribution in [0.3, 0.4) is 0 Å². The van der Waals surface area contributed by atoms with Crippen molar-refractivity contribution in [2.75, 3.05) is 7.11 Å². The first-order valence-corrected chi connectivity index (χ1v) is 6.85. The Balaban J connectivity index is 1.95. The largest absolute Gasteiger partial charge is 0.497 e. The van der Waals surface area contributed by atoms with E-state index in [1.165, 1.54) is 0 Å². The lowest BCUT2D eigenvalue weighted by molar-refractivity contribution is 0.414. The van der Waals surface area contributed by atoms with Crippen LogP contribution in [0.2, 0.25) is 0 Å². The van der Waals surface area contributed by atoms with E-state index in [1.807, 2.05) is 48.0 Å². The third-order valence-electron chi connectivity index (χ3n) is 3.10. The van der Waals surface area contributed by atoms with E-state index in [2.05, 4.69) is 0 Å². The van der Waals surface area contributed by atoms with Gasteiger partial charge in [0.2, 0.25) is 0 Å². The van der Waals surface area contributed by atoms with Crippen molar-refractivity contribution in [1.29, 1.82) is 0 Å². The first-order valence-electron chi connectivity index (χ1n) is 5.97. The highest BCUT2D eigenvalue weighted by Crippen LogP contribution is 2.17. The SMILES string of the molecule is COc1ccc(Cn2ccc3sccc3c2=O)cc1. The van der Waals surface area contributed by atoms with Gasteiger partial charge in [0.1, 0.15) is 5.75 Å². The molecule has 19 heavy (non-hydrogen) atoms. The highest BCUT2D eigenvalue weighted by Gasteiger charge is 2.04. The maximum Gasteiger partial charge on any atom is 0.259 e. The van der Waals surface area contributed by atoms with Gasteiger partial charge in [-0.3, -0.25) is 4.79 Å². The van der Waals surface area contributed by atoms with Gasteiger partial charge in [-0.05, 0) is 35.2 Å². The van der Waals surface area contributed by atoms with Crippen LogP contribution >= 0.6 is 11.3 Å². The van der Waals surface area contributed by atoms with Crippen molar-refractivity contribution in [2.24, 2.45) is 0 Å². The third kappa shape index (κ3) is 2.27. The molecule has 0 radical (unpaired) electrons. The molecule has 0 bridgehead atoms. The minimum atomic E-state index is 0.0644. The standard InChI is InChI=1S/C15H13NO2S/c1-18-12-4-2-11(3-5-12)10-16-8-6-14-13(15(16)17)7-9-19-14/h2-9H,10H2,1H3. The molecular formula is C15H13NO2S. The highest BCUT2D eigenvalue weighted by molar-refractivity contribution is 7.17. The number of hydrogen-bond donors (Lipinski definition) is 0. The van der Waals surface area contributed by atoms with Crippen LogP contribution in [0.4, 0.5) is 0 Å². The molecule has 96 valence electrons. The average Bonchev–Trinajstić information content (AvgIpc) is 2.92. The molecular weight excluding hydrogens is 258 g/mol. The minimum Gasteiger partial charge on any atom is -0.497 e. The zero-order valence-corrected chi connectivity index (χ0v) is 11.3. The topological polar surface area (TPSA) is 31.2 Å². The summed E-state index contributed by atoms with van der Waals surface area (Å²) in [5, 5.41) is 2.74. The molecule has 3 rings (SSSR count). The molecule has 0 fully saturated rings. The Morgan fingerprint density at radius 1 is 1.16 bits per heavy atom. The Labute approximate surface area is 114 Å². The number of ether oxygens (including phenoxy) is 1. The maximum absolute atomic E-state index is 12.3. The summed E-state index contributed by atoms with van der Waals surface area (Å²) in [4.78, 5) is 12.3. The Hall–Kier alpha value is -2.07. The lowest BCUT2D eigenvalue weighted by Gasteiger charge is -2.07. The fourth-order valence-electron chi connectivity index (χ4n) is 2.06. The average molecular weight is 271 g/mol. The number of benzene rings is 1. The number of pyridine rings is 1. The molecule has 0 saturated heterocycles. The van der Waals surface area contributed by atoms with Gasteiger partial charge in [0, 0.05) is 10.9 Å². The molecule has 0 amide bonds. The molecule has 3 aromatic rings. The van der Waals surface area contributed by atoms with Crippen molar-refractivity contribution >= 4 is 21.4 Å². The number of thiophene rings is 1. The summed E-state index contributed by atoms with van der Waals surface area (Å²) in [6.45, 7) is 0.578. The lowest BCUT2D eigenvalue weighted by Crippen LogP contribution is -2.19. The second kappa shape index (κ2) is 4.90. The zero-order valence-electron chi connectivity index (χ0n) is 10.5. The minimum absolute atomic E-state index is 0.0644. The fraction of sp³-hybridized carbons (Fsp3) is 0.133. The van der Waals surface area contributed by atoms with Gasteiger partial charge in [0.05, 0.1) is 19.0 Å². The molecule has 0 aliphatic rings. The van der Waals surface area contributed by atoms with E-state index in [-0.39, 0.29) is 5.56 Å². The number of nitrogens with zero attached hydrogens (tertiary/aromatic N) is 1. The van der Waals surface area contributed by atoms with Gasteiger partial charge in [-0.15, -0.1) is 11.3 Å². The van der Waals surface area contributed by atoms with E-state index in [0.29, 0.717) is 6.54 Å². The predicted molar refractivity (Wildman–Crippen MR) is 78.2 cm³/mol. The number of rotatable bonds is 3. The summed E-state index contributed by atoms with van der Waals surface area (Å²) in [6, 6.07) is 11.6. The summed E-state index contributed by atoms with van der Waals surface area (Å²) in [7, 11) is 1.64. The Kier molecular flexibility index (Phi) is 3.09. The molecule has 0 atom stereocenters. The molecule has 0 N–H and O–H groups in total. The predicted octanol–water partition coefficient (Wildman–Crippen LogP) is 3.12. The summed E-state index contributed by atoms with van der Waals surface area (Å²) in [5.74, 6) is 0.824. The zero-order chi connectivity index (χ0) is 13.2. The Bertz CT molecular complexity index is 756. The van der Waals surface area contributed by atoms with Gasteiger partial charge in [0.15, 0.2) is 0 Å². The molecule has 0 aliphatic heterocycles. The summed E-state index contributed by atoms with van der Waals surface area (Å²) in [6.07, 6.45) is 1.85. The van der Waals surface area contributed by atoms with Crippen molar-refractivity contribution in [3.8, 4) is 5.75 Å². The first kappa shape index (κ1) is 12.0. The molecule has 0 unspecified atom stereocenters. The normalized spacial score (nSPS) is 10.8. The van der Waals surface area contributed by atoms with Crippen LogP contribution in [0.25, 0.3) is 10.1 Å². The molecule has 2 aromatic heterocycles. The molecule has 0 saturated carbocycles. The van der Waals surface area contributed by atoms with E-state index in [4.69, 9.17) is 4.74 Å². The van der Waals surface area contributed by atoms with Gasteiger partial charge in [-0.1, -0.05) is 12.1 Å². The van der Waals surface area contributed by atoms with E-state index in [9.17, 15) is 4.79 Å². The van der Waals surface area contributed by atoms with Crippen molar-refractivity contribution in [1.82, 2.24) is 4.57 Å². The second-order valence-corrected chi connectivity index (χ2v) is 5.24. The number of hydrogen-bond acceptors (Lipinski definition) is 3. The first-order chi connectivity index (χ1) is 9.28. The monoisotopic (exact) mass is 271 g/mol. The fourth-order valence-corrected chi connectivity index (χ4v) is 2.83. The molecule has 4 heteroatoms. The van der Waals surface area contributed by atoms with Crippen molar-refractivity contribution < 1.29 is 4.74 Å². The van der Waals surface area contributed by atoms with Crippen LogP contribution in [-0.2, 0) is 6.54 Å². The van der Waals surface area contributed by atoms with Gasteiger partial charge < -0.3 is 9.30 Å². The van der Waals surface area contributed by atoms with E-state index in [1.54, 1.807) is 23.0 Å². The summed E-state index contributed by atoms with van der Waals surface area (Å²) < 4.78 is 7.89. The molecule has 2 heterocycles. The molecule has 1 aromatic carbocycles. The Morgan fingerprint density at radius 2 is 1.95 bits per heavy atom. The van der Waals surface area contributed by atoms with Gasteiger partial charge in [-0.2, -0.15) is 0 Å². The third-order valence-corrected chi connectivity index (χ3v) is 3.99. The molecule has 0 spiro atoms. The van der Waals surface area contributed by atoms with Crippen LogP contribution in [0.15, 0.2) is 52.8 Å². The van der Waals surface area contributed by atoms with E-state index < -0.39 is 0 Å². The molecule has 3 nitrogen and oxygen atoms in total. The van der Waals surface area contributed by atoms with Crippen molar-refractivity contribution in [3.05, 3.63) is 63.9 Å². The van der Waals surface area contributed by atoms with Crippen LogP contribution in [-0.4, -0.2) is 11.7 Å². The number of methoxy groups -OCH3 is 1. The molecule has 0 aliphatic carbocycles. The van der Waals surface area contributed by atoms with E-state index >= 15 is 0 Å². The number of fused-ring (bicyclic) bond motifs is 1. The van der Waals surface area contributed by atoms with Crippen LogP contribution in [0.5, 0.6) is 5.75 Å². The smallest absolute Gasteiger partial charge is 0.259 e. The number of aromatic nitrogens is 1. The van der Waals surface area contributed by atoms with Gasteiger partial charge in [-0.25, -0.2) is 0 Å². The quantitative estimate of drug-likeness (QED) is 0.733. The Morgan fingerprint density at radius 3 is 2.68 bits per heavy atom. The van der Waals surface area contributed by atoms with Crippen LogP contribution in [0.1, 0.15) is 5.56 Å². The van der Waals surface area contributed by atoms with Crippen molar-refractivity contribution in [2.45, 2.75) is 6.54 Å². The van der Waals surface area contributed by atoms with E-state index in [0.717, 1.165) is 21.4 Å². The van der Waals surface area contributed by atoms with Crippen LogP contribution in [0, 0.1) is 0 Å². The van der Waals surface area contributed by atoms with Crippen molar-refractivity contribution in [3.63, 3.8) is 0 Å². The summed E-state index contributed by atoms with van der Waals surface area (Å²) >= 11 is 1.59.